The number of nitrogens with zero attached hydrogens (tertiary/aromatic N) is 2. The Balaban J connectivity index is 1.11. The SMILES string of the molecule is CC(C)c1ccc(OCC(O)CN2CCC(CN3C(=O)c4cccc5cccc(c45)C3=O)CC2)cc1. The fraction of sp³-hybridized carbons (Fsp3) is 0.400. The Morgan fingerprint density at radius 1 is 0.917 bits per heavy atom. The molecule has 188 valence electrons. The smallest absolute Gasteiger partial charge is 0.261 e. The van der Waals surface area contributed by atoms with Gasteiger partial charge in [-0.3, -0.25) is 14.5 Å². The summed E-state index contributed by atoms with van der Waals surface area (Å²) >= 11 is 0. The van der Waals surface area contributed by atoms with Crippen LogP contribution in [0.15, 0.2) is 60.7 Å². The lowest BCUT2D eigenvalue weighted by atomic mass is 9.91. The van der Waals surface area contributed by atoms with Gasteiger partial charge < -0.3 is 14.7 Å². The quantitative estimate of drug-likeness (QED) is 0.467. The van der Waals surface area contributed by atoms with Crippen molar-refractivity contribution in [3.8, 4) is 5.75 Å². The van der Waals surface area contributed by atoms with Crippen molar-refractivity contribution in [3.05, 3.63) is 77.4 Å². The summed E-state index contributed by atoms with van der Waals surface area (Å²) in [5.74, 6) is 1.11. The zero-order valence-electron chi connectivity index (χ0n) is 21.0. The van der Waals surface area contributed by atoms with E-state index in [2.05, 4.69) is 30.9 Å². The van der Waals surface area contributed by atoms with Crippen LogP contribution >= 0.6 is 0 Å². The monoisotopic (exact) mass is 486 g/mol. The molecule has 1 fully saturated rings. The first-order valence-electron chi connectivity index (χ1n) is 12.9. The summed E-state index contributed by atoms with van der Waals surface area (Å²) in [6.07, 6.45) is 1.19. The van der Waals surface area contributed by atoms with Crippen molar-refractivity contribution in [1.82, 2.24) is 9.80 Å². The average Bonchev–Trinajstić information content (AvgIpc) is 2.89. The van der Waals surface area contributed by atoms with E-state index in [9.17, 15) is 14.7 Å². The predicted octanol–water partition coefficient (Wildman–Crippen LogP) is 4.71. The number of piperidine rings is 1. The van der Waals surface area contributed by atoms with Crippen LogP contribution in [0.3, 0.4) is 0 Å². The Morgan fingerprint density at radius 2 is 1.53 bits per heavy atom. The minimum Gasteiger partial charge on any atom is -0.491 e. The van der Waals surface area contributed by atoms with Gasteiger partial charge in [0.1, 0.15) is 18.5 Å². The first-order chi connectivity index (χ1) is 17.4. The van der Waals surface area contributed by atoms with Gasteiger partial charge in [0.05, 0.1) is 0 Å². The molecule has 0 bridgehead atoms. The number of aliphatic hydroxyl groups excluding tert-OH is 1. The molecule has 1 atom stereocenters. The van der Waals surface area contributed by atoms with Crippen LogP contribution in [-0.2, 0) is 0 Å². The number of carbonyl (C=O) groups is 2. The van der Waals surface area contributed by atoms with Crippen molar-refractivity contribution < 1.29 is 19.4 Å². The minimum atomic E-state index is -0.575. The maximum Gasteiger partial charge on any atom is 0.261 e. The molecule has 0 spiro atoms. The van der Waals surface area contributed by atoms with Crippen molar-refractivity contribution in [2.75, 3.05) is 32.8 Å². The number of β-amino-alcohol motifs (C(OH)–C–C–N with tert-alkyl or cyclic N) is 1. The van der Waals surface area contributed by atoms with Gasteiger partial charge in [-0.2, -0.15) is 0 Å². The zero-order chi connectivity index (χ0) is 25.2. The van der Waals surface area contributed by atoms with Gasteiger partial charge in [0, 0.05) is 29.6 Å². The molecule has 3 aromatic rings. The normalized spacial score (nSPS) is 17.7. The minimum absolute atomic E-state index is 0.194. The van der Waals surface area contributed by atoms with E-state index in [1.54, 1.807) is 0 Å². The lowest BCUT2D eigenvalue weighted by Gasteiger charge is -2.36. The molecule has 2 aliphatic rings. The predicted molar refractivity (Wildman–Crippen MR) is 141 cm³/mol. The van der Waals surface area contributed by atoms with Crippen LogP contribution < -0.4 is 4.74 Å². The van der Waals surface area contributed by atoms with E-state index in [4.69, 9.17) is 4.74 Å². The van der Waals surface area contributed by atoms with Gasteiger partial charge in [-0.25, -0.2) is 0 Å². The van der Waals surface area contributed by atoms with Crippen LogP contribution in [0.4, 0.5) is 0 Å². The molecule has 5 rings (SSSR count). The van der Waals surface area contributed by atoms with Gasteiger partial charge in [0.15, 0.2) is 0 Å². The highest BCUT2D eigenvalue weighted by molar-refractivity contribution is 6.25. The summed E-state index contributed by atoms with van der Waals surface area (Å²) in [5, 5.41) is 12.2. The fourth-order valence-electron chi connectivity index (χ4n) is 5.35. The first-order valence-corrected chi connectivity index (χ1v) is 12.9. The third-order valence-corrected chi connectivity index (χ3v) is 7.46. The molecule has 0 saturated carbocycles. The molecule has 0 aromatic heterocycles. The van der Waals surface area contributed by atoms with Crippen LogP contribution in [0, 0.1) is 5.92 Å². The van der Waals surface area contributed by atoms with Gasteiger partial charge in [-0.05, 0) is 73.0 Å². The number of imide groups is 1. The van der Waals surface area contributed by atoms with E-state index in [1.807, 2.05) is 48.5 Å². The number of likely N-dealkylation sites (tertiary alicyclic amines) is 1. The molecule has 36 heavy (non-hydrogen) atoms. The topological polar surface area (TPSA) is 70.1 Å². The lowest BCUT2D eigenvalue weighted by molar-refractivity contribution is 0.0453. The molecule has 2 amide bonds. The van der Waals surface area contributed by atoms with E-state index in [1.165, 1.54) is 10.5 Å². The zero-order valence-corrected chi connectivity index (χ0v) is 21.0. The van der Waals surface area contributed by atoms with Crippen LogP contribution in [0.1, 0.15) is 58.9 Å². The average molecular weight is 487 g/mol. The number of ether oxygens (including phenoxy) is 1. The molecule has 0 radical (unpaired) electrons. The highest BCUT2D eigenvalue weighted by Gasteiger charge is 2.34. The maximum atomic E-state index is 13.2. The van der Waals surface area contributed by atoms with Gasteiger partial charge in [-0.15, -0.1) is 0 Å². The Morgan fingerprint density at radius 3 is 2.11 bits per heavy atom. The first kappa shape index (κ1) is 24.5. The second-order valence-electron chi connectivity index (χ2n) is 10.4. The van der Waals surface area contributed by atoms with Crippen molar-refractivity contribution in [2.24, 2.45) is 5.92 Å². The lowest BCUT2D eigenvalue weighted by Crippen LogP contribution is -2.46. The molecule has 1 unspecified atom stereocenters. The molecule has 3 aromatic carbocycles. The molecule has 6 nitrogen and oxygen atoms in total. The van der Waals surface area contributed by atoms with E-state index < -0.39 is 6.10 Å². The van der Waals surface area contributed by atoms with Crippen molar-refractivity contribution in [3.63, 3.8) is 0 Å². The standard InChI is InChI=1S/C30H34N2O4/c1-20(2)22-9-11-25(12-10-22)36-19-24(33)18-31-15-13-21(14-16-31)17-32-29(34)26-7-3-5-23-6-4-8-27(28(23)26)30(32)35/h3-12,20-21,24,33H,13-19H2,1-2H3. The van der Waals surface area contributed by atoms with Crippen LogP contribution in [-0.4, -0.2) is 65.6 Å². The molecule has 1 N–H and O–H groups in total. The number of aliphatic hydroxyl groups is 1. The summed E-state index contributed by atoms with van der Waals surface area (Å²) in [6, 6.07) is 19.3. The molecular formula is C30H34N2O4. The molecule has 2 aliphatic heterocycles. The van der Waals surface area contributed by atoms with Gasteiger partial charge in [-0.1, -0.05) is 50.2 Å². The van der Waals surface area contributed by atoms with E-state index in [-0.39, 0.29) is 24.3 Å². The number of amides is 2. The fourth-order valence-corrected chi connectivity index (χ4v) is 5.35. The molecule has 6 heteroatoms. The second kappa shape index (κ2) is 10.4. The van der Waals surface area contributed by atoms with Gasteiger partial charge >= 0.3 is 0 Å². The molecule has 0 aliphatic carbocycles. The van der Waals surface area contributed by atoms with E-state index in [0.717, 1.165) is 42.5 Å². The Kier molecular flexibility index (Phi) is 7.08. The third-order valence-electron chi connectivity index (χ3n) is 7.46. The Labute approximate surface area is 212 Å². The number of benzene rings is 3. The number of rotatable bonds is 8. The summed E-state index contributed by atoms with van der Waals surface area (Å²) in [4.78, 5) is 30.0. The van der Waals surface area contributed by atoms with Crippen molar-refractivity contribution >= 4 is 22.6 Å². The highest BCUT2D eigenvalue weighted by atomic mass is 16.5. The van der Waals surface area contributed by atoms with E-state index in [0.29, 0.717) is 30.1 Å². The van der Waals surface area contributed by atoms with Gasteiger partial charge in [0.25, 0.3) is 11.8 Å². The summed E-state index contributed by atoms with van der Waals surface area (Å²) < 4.78 is 5.78. The second-order valence-corrected chi connectivity index (χ2v) is 10.4. The summed E-state index contributed by atoms with van der Waals surface area (Å²) in [6.45, 7) is 7.21. The Bertz CT molecular complexity index is 1190. The third kappa shape index (κ3) is 5.01. The molecular weight excluding hydrogens is 452 g/mol. The number of hydrogen-bond acceptors (Lipinski definition) is 5. The number of carbonyl (C=O) groups excluding carboxylic acids is 2. The highest BCUT2D eigenvalue weighted by Crippen LogP contribution is 2.31. The maximum absolute atomic E-state index is 13.2. The molecule has 1 saturated heterocycles. The summed E-state index contributed by atoms with van der Waals surface area (Å²) in [7, 11) is 0. The van der Waals surface area contributed by atoms with E-state index >= 15 is 0 Å². The largest absolute Gasteiger partial charge is 0.491 e. The van der Waals surface area contributed by atoms with Crippen LogP contribution in [0.25, 0.3) is 10.8 Å². The van der Waals surface area contributed by atoms with Crippen LogP contribution in [0.2, 0.25) is 0 Å². The molecule has 2 heterocycles. The van der Waals surface area contributed by atoms with Crippen LogP contribution in [0.5, 0.6) is 5.75 Å². The Hall–Kier alpha value is -3.22. The van der Waals surface area contributed by atoms with Crippen molar-refractivity contribution in [2.45, 2.75) is 38.7 Å². The summed E-state index contributed by atoms with van der Waals surface area (Å²) in [5.41, 5.74) is 2.49. The van der Waals surface area contributed by atoms with Gasteiger partial charge in [0.2, 0.25) is 0 Å². The van der Waals surface area contributed by atoms with Crippen molar-refractivity contribution in [1.29, 1.82) is 0 Å². The number of hydrogen-bond donors (Lipinski definition) is 1.